The topological polar surface area (TPSA) is 58.1 Å². The molecule has 2 aromatic heterocycles. The van der Waals surface area contributed by atoms with Gasteiger partial charge in [-0.05, 0) is 30.7 Å². The number of pyridine rings is 2. The molecule has 3 heterocycles. The van der Waals surface area contributed by atoms with Crippen molar-refractivity contribution in [2.24, 2.45) is 0 Å². The van der Waals surface area contributed by atoms with E-state index in [9.17, 15) is 4.79 Å². The van der Waals surface area contributed by atoms with Crippen LogP contribution < -0.4 is 10.2 Å². The van der Waals surface area contributed by atoms with Crippen molar-refractivity contribution in [2.75, 3.05) is 17.2 Å². The van der Waals surface area contributed by atoms with E-state index in [0.717, 1.165) is 22.0 Å². The van der Waals surface area contributed by atoms with Crippen LogP contribution in [0.4, 0.5) is 10.5 Å². The molecular weight excluding hydrogens is 284 g/mol. The van der Waals surface area contributed by atoms with E-state index in [1.165, 1.54) is 0 Å². The van der Waals surface area contributed by atoms with Crippen molar-refractivity contribution < 1.29 is 4.79 Å². The second-order valence-corrected chi connectivity index (χ2v) is 5.87. The average molecular weight is 300 g/mol. The molecule has 0 fully saturated rings. The third kappa shape index (κ3) is 3.00. The number of thioether (sulfide) groups is 1. The number of carbonyl (C=O) groups excluding carboxylic acids is 1. The third-order valence-corrected chi connectivity index (χ3v) is 4.34. The fraction of sp³-hybridized carbons (Fsp3) is 0.267. The summed E-state index contributed by atoms with van der Waals surface area (Å²) < 4.78 is 0. The highest BCUT2D eigenvalue weighted by Crippen LogP contribution is 2.32. The maximum absolute atomic E-state index is 12.5. The van der Waals surface area contributed by atoms with Gasteiger partial charge in [0.2, 0.25) is 0 Å². The highest BCUT2D eigenvalue weighted by molar-refractivity contribution is 7.99. The van der Waals surface area contributed by atoms with Crippen LogP contribution in [0.2, 0.25) is 0 Å². The normalized spacial score (nSPS) is 15.2. The van der Waals surface area contributed by atoms with Gasteiger partial charge in [0, 0.05) is 30.9 Å². The fourth-order valence-electron chi connectivity index (χ4n) is 2.24. The summed E-state index contributed by atoms with van der Waals surface area (Å²) in [6, 6.07) is 7.44. The van der Waals surface area contributed by atoms with Gasteiger partial charge in [0.15, 0.2) is 0 Å². The highest BCUT2D eigenvalue weighted by atomic mass is 32.2. The van der Waals surface area contributed by atoms with Gasteiger partial charge >= 0.3 is 6.03 Å². The molecular formula is C15H16N4OS. The molecule has 108 valence electrons. The Morgan fingerprint density at radius 3 is 3.05 bits per heavy atom. The van der Waals surface area contributed by atoms with Crippen molar-refractivity contribution in [3.8, 4) is 0 Å². The smallest absolute Gasteiger partial charge is 0.322 e. The van der Waals surface area contributed by atoms with Crippen LogP contribution in [0.1, 0.15) is 18.5 Å². The zero-order valence-electron chi connectivity index (χ0n) is 11.7. The Morgan fingerprint density at radius 2 is 2.24 bits per heavy atom. The van der Waals surface area contributed by atoms with Gasteiger partial charge in [-0.3, -0.25) is 9.88 Å². The van der Waals surface area contributed by atoms with Crippen LogP contribution in [0.3, 0.4) is 0 Å². The third-order valence-electron chi connectivity index (χ3n) is 3.37. The highest BCUT2D eigenvalue weighted by Gasteiger charge is 2.24. The van der Waals surface area contributed by atoms with Crippen molar-refractivity contribution >= 4 is 23.5 Å². The second kappa shape index (κ2) is 6.13. The summed E-state index contributed by atoms with van der Waals surface area (Å²) in [5.41, 5.74) is 1.87. The Morgan fingerprint density at radius 1 is 1.38 bits per heavy atom. The molecule has 0 saturated carbocycles. The molecule has 3 rings (SSSR count). The molecule has 6 heteroatoms. The van der Waals surface area contributed by atoms with Gasteiger partial charge in [-0.15, -0.1) is 11.8 Å². The number of rotatable bonds is 2. The molecule has 2 amide bonds. The van der Waals surface area contributed by atoms with Crippen LogP contribution in [0.15, 0.2) is 47.9 Å². The van der Waals surface area contributed by atoms with Gasteiger partial charge in [0.1, 0.15) is 5.03 Å². The molecule has 0 radical (unpaired) electrons. The Balaban J connectivity index is 1.75. The summed E-state index contributed by atoms with van der Waals surface area (Å²) in [5.74, 6) is 0.860. The van der Waals surface area contributed by atoms with Gasteiger partial charge in [0.05, 0.1) is 11.7 Å². The van der Waals surface area contributed by atoms with Crippen LogP contribution in [-0.2, 0) is 0 Å². The van der Waals surface area contributed by atoms with Gasteiger partial charge in [-0.1, -0.05) is 6.07 Å². The molecule has 0 unspecified atom stereocenters. The predicted molar refractivity (Wildman–Crippen MR) is 83.5 cm³/mol. The molecule has 0 saturated heterocycles. The standard InChI is InChI=1S/C15H16N4OS/c1-11(12-4-2-6-16-10-12)18-15(20)19-8-9-21-14-13(19)5-3-7-17-14/h2-7,10-11H,8-9H2,1H3,(H,18,20)/t11-/m1/s1. The van der Waals surface area contributed by atoms with Crippen molar-refractivity contribution in [2.45, 2.75) is 18.0 Å². The Bertz CT molecular complexity index is 635. The monoisotopic (exact) mass is 300 g/mol. The average Bonchev–Trinajstić information content (AvgIpc) is 2.55. The quantitative estimate of drug-likeness (QED) is 0.926. The van der Waals surface area contributed by atoms with Crippen LogP contribution in [0.25, 0.3) is 0 Å². The van der Waals surface area contributed by atoms with E-state index in [0.29, 0.717) is 6.54 Å². The first kappa shape index (κ1) is 13.9. The van der Waals surface area contributed by atoms with Crippen LogP contribution >= 0.6 is 11.8 Å². The molecule has 1 atom stereocenters. The lowest BCUT2D eigenvalue weighted by Crippen LogP contribution is -2.43. The number of hydrogen-bond acceptors (Lipinski definition) is 4. The molecule has 0 aliphatic carbocycles. The molecule has 1 aliphatic rings. The van der Waals surface area contributed by atoms with E-state index < -0.39 is 0 Å². The summed E-state index contributed by atoms with van der Waals surface area (Å²) >= 11 is 1.68. The number of carbonyl (C=O) groups is 1. The minimum Gasteiger partial charge on any atom is -0.331 e. The number of anilines is 1. The van der Waals surface area contributed by atoms with E-state index >= 15 is 0 Å². The zero-order valence-corrected chi connectivity index (χ0v) is 12.5. The molecule has 2 aromatic rings. The van der Waals surface area contributed by atoms with E-state index in [1.54, 1.807) is 35.3 Å². The van der Waals surface area contributed by atoms with Crippen LogP contribution in [-0.4, -0.2) is 28.3 Å². The lowest BCUT2D eigenvalue weighted by Gasteiger charge is -2.29. The maximum Gasteiger partial charge on any atom is 0.322 e. The van der Waals surface area contributed by atoms with Crippen LogP contribution in [0, 0.1) is 0 Å². The number of hydrogen-bond donors (Lipinski definition) is 1. The molecule has 1 aliphatic heterocycles. The van der Waals surface area contributed by atoms with Crippen LogP contribution in [0.5, 0.6) is 0 Å². The van der Waals surface area contributed by atoms with Crippen molar-refractivity contribution in [3.63, 3.8) is 0 Å². The summed E-state index contributed by atoms with van der Waals surface area (Å²) in [6.07, 6.45) is 5.25. The number of urea groups is 1. The Kier molecular flexibility index (Phi) is 4.06. The molecule has 0 spiro atoms. The van der Waals surface area contributed by atoms with Gasteiger partial charge < -0.3 is 5.32 Å². The second-order valence-electron chi connectivity index (χ2n) is 4.79. The summed E-state index contributed by atoms with van der Waals surface area (Å²) in [6.45, 7) is 2.65. The van der Waals surface area contributed by atoms with Crippen molar-refractivity contribution in [1.29, 1.82) is 0 Å². The van der Waals surface area contributed by atoms with Gasteiger partial charge in [-0.2, -0.15) is 0 Å². The first-order chi connectivity index (χ1) is 10.3. The van der Waals surface area contributed by atoms with Crippen molar-refractivity contribution in [3.05, 3.63) is 48.4 Å². The Labute approximate surface area is 127 Å². The Hall–Kier alpha value is -2.08. The van der Waals surface area contributed by atoms with E-state index in [1.807, 2.05) is 31.2 Å². The van der Waals surface area contributed by atoms with Gasteiger partial charge in [0.25, 0.3) is 0 Å². The number of aromatic nitrogens is 2. The number of amides is 2. The molecule has 0 aromatic carbocycles. The lowest BCUT2D eigenvalue weighted by atomic mass is 10.1. The van der Waals surface area contributed by atoms with E-state index in [2.05, 4.69) is 15.3 Å². The maximum atomic E-state index is 12.5. The molecule has 0 bridgehead atoms. The predicted octanol–water partition coefficient (Wildman–Crippen LogP) is 2.86. The largest absolute Gasteiger partial charge is 0.331 e. The zero-order chi connectivity index (χ0) is 14.7. The van der Waals surface area contributed by atoms with E-state index in [-0.39, 0.29) is 12.1 Å². The number of fused-ring (bicyclic) bond motifs is 1. The fourth-order valence-corrected chi connectivity index (χ4v) is 3.17. The van der Waals surface area contributed by atoms with E-state index in [4.69, 9.17) is 0 Å². The first-order valence-electron chi connectivity index (χ1n) is 6.81. The summed E-state index contributed by atoms with van der Waals surface area (Å²) in [5, 5.41) is 3.93. The SMILES string of the molecule is C[C@@H](NC(=O)N1CCSc2ncccc21)c1cccnc1. The molecule has 21 heavy (non-hydrogen) atoms. The lowest BCUT2D eigenvalue weighted by molar-refractivity contribution is 0.243. The van der Waals surface area contributed by atoms with Crippen molar-refractivity contribution in [1.82, 2.24) is 15.3 Å². The molecule has 5 nitrogen and oxygen atoms in total. The minimum absolute atomic E-state index is 0.0825. The number of nitrogens with zero attached hydrogens (tertiary/aromatic N) is 3. The van der Waals surface area contributed by atoms with Gasteiger partial charge in [-0.25, -0.2) is 9.78 Å². The summed E-state index contributed by atoms with van der Waals surface area (Å²) in [4.78, 5) is 22.7. The first-order valence-corrected chi connectivity index (χ1v) is 7.80. The minimum atomic E-state index is -0.0964. The summed E-state index contributed by atoms with van der Waals surface area (Å²) in [7, 11) is 0. The molecule has 1 N–H and O–H groups in total. The number of nitrogens with one attached hydrogen (secondary N) is 1.